The van der Waals surface area contributed by atoms with Crippen molar-refractivity contribution in [3.8, 4) is 11.5 Å². The smallest absolute Gasteiger partial charge is 0.253 e. The van der Waals surface area contributed by atoms with Gasteiger partial charge in [0.05, 0.1) is 23.2 Å². The fourth-order valence-electron chi connectivity index (χ4n) is 3.25. The van der Waals surface area contributed by atoms with E-state index in [-0.39, 0.29) is 38.0 Å². The van der Waals surface area contributed by atoms with Crippen LogP contribution in [-0.4, -0.2) is 46.4 Å². The number of amides is 2. The van der Waals surface area contributed by atoms with Crippen LogP contribution < -0.4 is 24.4 Å². The summed E-state index contributed by atoms with van der Waals surface area (Å²) in [5.41, 5.74) is 1.24. The van der Waals surface area contributed by atoms with E-state index in [2.05, 4.69) is 10.6 Å². The fraction of sp³-hybridized carbons (Fsp3) is 0.364. The van der Waals surface area contributed by atoms with Gasteiger partial charge in [-0.25, -0.2) is 8.42 Å². The van der Waals surface area contributed by atoms with Gasteiger partial charge in [0, 0.05) is 25.6 Å². The molecule has 0 spiro atoms. The van der Waals surface area contributed by atoms with Crippen LogP contribution >= 0.6 is 0 Å². The summed E-state index contributed by atoms with van der Waals surface area (Å²) >= 11 is 0. The van der Waals surface area contributed by atoms with E-state index < -0.39 is 10.0 Å². The second-order valence-corrected chi connectivity index (χ2v) is 9.23. The van der Waals surface area contributed by atoms with Crippen LogP contribution in [0.4, 0.5) is 11.4 Å². The minimum absolute atomic E-state index is 0.0848. The minimum Gasteiger partial charge on any atom is -0.454 e. The van der Waals surface area contributed by atoms with Crippen LogP contribution in [0, 0.1) is 0 Å². The molecule has 32 heavy (non-hydrogen) atoms. The molecule has 9 nitrogen and oxygen atoms in total. The Morgan fingerprint density at radius 2 is 1.84 bits per heavy atom. The van der Waals surface area contributed by atoms with Gasteiger partial charge in [-0.1, -0.05) is 19.1 Å². The van der Waals surface area contributed by atoms with Crippen molar-refractivity contribution in [3.05, 3.63) is 48.0 Å². The SMILES string of the molecule is CCCNC(=O)c1ccccc1NC(=O)CCCN(c1ccc2c(c1)OCO2)S(C)(=O)=O. The van der Waals surface area contributed by atoms with Crippen LogP contribution in [0.1, 0.15) is 36.5 Å². The highest BCUT2D eigenvalue weighted by molar-refractivity contribution is 7.92. The second-order valence-electron chi connectivity index (χ2n) is 7.33. The highest BCUT2D eigenvalue weighted by Crippen LogP contribution is 2.36. The third kappa shape index (κ3) is 5.91. The second kappa shape index (κ2) is 10.4. The topological polar surface area (TPSA) is 114 Å². The Labute approximate surface area is 187 Å². The summed E-state index contributed by atoms with van der Waals surface area (Å²) in [5.74, 6) is 0.476. The average Bonchev–Trinajstić information content (AvgIpc) is 3.22. The van der Waals surface area contributed by atoms with Crippen molar-refractivity contribution in [3.63, 3.8) is 0 Å². The molecule has 0 aromatic heterocycles. The quantitative estimate of drug-likeness (QED) is 0.562. The zero-order valence-corrected chi connectivity index (χ0v) is 18.9. The number of rotatable bonds is 10. The molecule has 0 saturated heterocycles. The van der Waals surface area contributed by atoms with Crippen molar-refractivity contribution in [2.45, 2.75) is 26.2 Å². The van der Waals surface area contributed by atoms with Gasteiger partial charge in [0.1, 0.15) is 0 Å². The van der Waals surface area contributed by atoms with Gasteiger partial charge < -0.3 is 20.1 Å². The van der Waals surface area contributed by atoms with Gasteiger partial charge in [-0.05, 0) is 37.1 Å². The highest BCUT2D eigenvalue weighted by atomic mass is 32.2. The number of nitrogens with zero attached hydrogens (tertiary/aromatic N) is 1. The summed E-state index contributed by atoms with van der Waals surface area (Å²) in [6.45, 7) is 2.71. The monoisotopic (exact) mass is 461 g/mol. The zero-order valence-electron chi connectivity index (χ0n) is 18.1. The van der Waals surface area contributed by atoms with E-state index in [4.69, 9.17) is 9.47 Å². The first kappa shape index (κ1) is 23.4. The average molecular weight is 462 g/mol. The third-order valence-corrected chi connectivity index (χ3v) is 5.98. The Kier molecular flexibility index (Phi) is 7.57. The first-order valence-corrected chi connectivity index (χ1v) is 12.2. The van der Waals surface area contributed by atoms with E-state index >= 15 is 0 Å². The standard InChI is InChI=1S/C22H27N3O6S/c1-3-12-23-22(27)17-7-4-5-8-18(17)24-21(26)9-6-13-25(32(2,28)29)16-10-11-19-20(14-16)31-15-30-19/h4-5,7-8,10-11,14H,3,6,9,12-13,15H2,1-2H3,(H,23,27)(H,24,26). The molecule has 172 valence electrons. The molecule has 1 aliphatic rings. The normalized spacial score (nSPS) is 12.3. The van der Waals surface area contributed by atoms with Crippen molar-refractivity contribution in [1.29, 1.82) is 0 Å². The Bertz CT molecular complexity index is 1090. The predicted molar refractivity (Wildman–Crippen MR) is 122 cm³/mol. The van der Waals surface area contributed by atoms with E-state index in [9.17, 15) is 18.0 Å². The number of carbonyl (C=O) groups is 2. The summed E-state index contributed by atoms with van der Waals surface area (Å²) in [6.07, 6.45) is 2.29. The van der Waals surface area contributed by atoms with Crippen molar-refractivity contribution in [2.24, 2.45) is 0 Å². The van der Waals surface area contributed by atoms with Gasteiger partial charge in [0.15, 0.2) is 11.5 Å². The molecule has 0 aliphatic carbocycles. The molecule has 3 rings (SSSR count). The van der Waals surface area contributed by atoms with Gasteiger partial charge >= 0.3 is 0 Å². The lowest BCUT2D eigenvalue weighted by Crippen LogP contribution is -2.31. The fourth-order valence-corrected chi connectivity index (χ4v) is 4.20. The lowest BCUT2D eigenvalue weighted by molar-refractivity contribution is -0.116. The maximum atomic E-state index is 12.5. The molecule has 10 heteroatoms. The summed E-state index contributed by atoms with van der Waals surface area (Å²) in [7, 11) is -3.57. The molecule has 0 fully saturated rings. The van der Waals surface area contributed by atoms with Crippen LogP contribution in [0.3, 0.4) is 0 Å². The summed E-state index contributed by atoms with van der Waals surface area (Å²) in [4.78, 5) is 24.8. The zero-order chi connectivity index (χ0) is 23.1. The molecule has 0 atom stereocenters. The summed E-state index contributed by atoms with van der Waals surface area (Å²) in [6, 6.07) is 11.7. The molecule has 0 saturated carbocycles. The first-order valence-electron chi connectivity index (χ1n) is 10.3. The molecule has 2 aromatic rings. The van der Waals surface area contributed by atoms with Crippen LogP contribution in [0.15, 0.2) is 42.5 Å². The minimum atomic E-state index is -3.57. The maximum absolute atomic E-state index is 12.5. The number of hydrogen-bond donors (Lipinski definition) is 2. The van der Waals surface area contributed by atoms with Crippen molar-refractivity contribution >= 4 is 33.2 Å². The summed E-state index contributed by atoms with van der Waals surface area (Å²) < 4.78 is 36.4. The van der Waals surface area contributed by atoms with E-state index in [1.807, 2.05) is 6.92 Å². The van der Waals surface area contributed by atoms with Gasteiger partial charge in [-0.15, -0.1) is 0 Å². The van der Waals surface area contributed by atoms with E-state index in [0.717, 1.165) is 12.7 Å². The maximum Gasteiger partial charge on any atom is 0.253 e. The Balaban J connectivity index is 1.61. The molecule has 0 unspecified atom stereocenters. The number of anilines is 2. The molecular formula is C22H27N3O6S. The van der Waals surface area contributed by atoms with Gasteiger partial charge in [-0.3, -0.25) is 13.9 Å². The van der Waals surface area contributed by atoms with Crippen LogP contribution in [-0.2, 0) is 14.8 Å². The molecule has 1 heterocycles. The summed E-state index contributed by atoms with van der Waals surface area (Å²) in [5, 5.41) is 5.54. The Hall–Kier alpha value is -3.27. The van der Waals surface area contributed by atoms with Crippen molar-refractivity contribution < 1.29 is 27.5 Å². The number of nitrogens with one attached hydrogen (secondary N) is 2. The van der Waals surface area contributed by atoms with Crippen molar-refractivity contribution in [1.82, 2.24) is 5.32 Å². The van der Waals surface area contributed by atoms with Gasteiger partial charge in [0.2, 0.25) is 22.7 Å². The molecule has 1 aliphatic heterocycles. The van der Waals surface area contributed by atoms with E-state index in [1.165, 1.54) is 4.31 Å². The molecule has 2 N–H and O–H groups in total. The number of ether oxygens (including phenoxy) is 2. The Morgan fingerprint density at radius 3 is 2.59 bits per heavy atom. The lowest BCUT2D eigenvalue weighted by Gasteiger charge is -2.22. The first-order chi connectivity index (χ1) is 15.3. The van der Waals surface area contributed by atoms with E-state index in [0.29, 0.717) is 35.0 Å². The van der Waals surface area contributed by atoms with E-state index in [1.54, 1.807) is 42.5 Å². The third-order valence-electron chi connectivity index (χ3n) is 4.79. The number of hydrogen-bond acceptors (Lipinski definition) is 6. The van der Waals surface area contributed by atoms with Crippen LogP contribution in [0.25, 0.3) is 0 Å². The Morgan fingerprint density at radius 1 is 1.09 bits per heavy atom. The van der Waals surface area contributed by atoms with Gasteiger partial charge in [0.25, 0.3) is 5.91 Å². The van der Waals surface area contributed by atoms with Crippen LogP contribution in [0.2, 0.25) is 0 Å². The number of benzene rings is 2. The number of sulfonamides is 1. The predicted octanol–water partition coefficient (Wildman–Crippen LogP) is 2.74. The molecular weight excluding hydrogens is 434 g/mol. The van der Waals surface area contributed by atoms with Crippen LogP contribution in [0.5, 0.6) is 11.5 Å². The molecule has 0 bridgehead atoms. The number of carbonyl (C=O) groups excluding carboxylic acids is 2. The highest BCUT2D eigenvalue weighted by Gasteiger charge is 2.22. The lowest BCUT2D eigenvalue weighted by atomic mass is 10.1. The number of para-hydroxylation sites is 1. The molecule has 2 aromatic carbocycles. The molecule has 2 amide bonds. The largest absolute Gasteiger partial charge is 0.454 e. The van der Waals surface area contributed by atoms with Gasteiger partial charge in [-0.2, -0.15) is 0 Å². The molecule has 0 radical (unpaired) electrons. The van der Waals surface area contributed by atoms with Crippen molar-refractivity contribution in [2.75, 3.05) is 35.8 Å². The number of fused-ring (bicyclic) bond motifs is 1.